The maximum Gasteiger partial charge on any atom is 0.256 e. The van der Waals surface area contributed by atoms with Crippen molar-refractivity contribution in [2.45, 2.75) is 44.9 Å². The lowest BCUT2D eigenvalue weighted by molar-refractivity contribution is -0.121. The Morgan fingerprint density at radius 1 is 1.00 bits per heavy atom. The van der Waals surface area contributed by atoms with Gasteiger partial charge in [0, 0.05) is 25.1 Å². The molecule has 4 rings (SSSR count). The number of rotatable bonds is 5. The highest BCUT2D eigenvalue weighted by Gasteiger charge is 2.43. The molecule has 1 saturated heterocycles. The molecule has 28 heavy (non-hydrogen) atoms. The second kappa shape index (κ2) is 8.02. The van der Waals surface area contributed by atoms with E-state index in [0.717, 1.165) is 45.2 Å². The second-order valence-corrected chi connectivity index (χ2v) is 8.38. The van der Waals surface area contributed by atoms with E-state index in [0.29, 0.717) is 34.6 Å². The zero-order valence-electron chi connectivity index (χ0n) is 16.8. The van der Waals surface area contributed by atoms with Crippen molar-refractivity contribution in [3.8, 4) is 11.5 Å². The number of ether oxygens (including phenoxy) is 2. The zero-order valence-corrected chi connectivity index (χ0v) is 16.8. The lowest BCUT2D eigenvalue weighted by Crippen LogP contribution is -2.36. The Kier molecular flexibility index (Phi) is 5.47. The highest BCUT2D eigenvalue weighted by molar-refractivity contribution is 6.05. The molecule has 1 aromatic rings. The summed E-state index contributed by atoms with van der Waals surface area (Å²) >= 11 is 0. The van der Waals surface area contributed by atoms with E-state index in [1.54, 1.807) is 26.4 Å². The molecule has 2 aliphatic carbocycles. The molecular weight excluding hydrogens is 356 g/mol. The van der Waals surface area contributed by atoms with Crippen molar-refractivity contribution in [1.29, 1.82) is 0 Å². The molecule has 0 spiro atoms. The van der Waals surface area contributed by atoms with Crippen molar-refractivity contribution < 1.29 is 19.1 Å². The fourth-order valence-electron chi connectivity index (χ4n) is 5.22. The Morgan fingerprint density at radius 3 is 2.32 bits per heavy atom. The first-order chi connectivity index (χ1) is 13.6. The molecule has 1 N–H and O–H groups in total. The second-order valence-electron chi connectivity index (χ2n) is 8.38. The average Bonchev–Trinajstić information content (AvgIpc) is 3.37. The summed E-state index contributed by atoms with van der Waals surface area (Å²) in [6, 6.07) is 3.42. The van der Waals surface area contributed by atoms with Gasteiger partial charge in [0.2, 0.25) is 5.91 Å². The molecule has 3 aliphatic rings. The molecule has 1 aromatic carbocycles. The fourth-order valence-corrected chi connectivity index (χ4v) is 5.22. The number of hydrogen-bond acceptors (Lipinski definition) is 4. The SMILES string of the molecule is COc1cc(NC(=O)C2CC3CCC2C3)c(C(=O)N2CCCCC2)cc1OC. The number of nitrogens with one attached hydrogen (secondary N) is 1. The van der Waals surface area contributed by atoms with Gasteiger partial charge in [0.05, 0.1) is 25.5 Å². The summed E-state index contributed by atoms with van der Waals surface area (Å²) in [6.45, 7) is 1.51. The van der Waals surface area contributed by atoms with E-state index in [2.05, 4.69) is 5.32 Å². The van der Waals surface area contributed by atoms with Crippen LogP contribution in [0.3, 0.4) is 0 Å². The maximum atomic E-state index is 13.2. The number of benzene rings is 1. The molecule has 3 unspecified atom stereocenters. The van der Waals surface area contributed by atoms with Gasteiger partial charge in [-0.2, -0.15) is 0 Å². The molecule has 0 aromatic heterocycles. The third-order valence-electron chi connectivity index (χ3n) is 6.73. The first kappa shape index (κ1) is 19.1. The number of carbonyl (C=O) groups is 2. The van der Waals surface area contributed by atoms with Crippen molar-refractivity contribution >= 4 is 17.5 Å². The predicted molar refractivity (Wildman–Crippen MR) is 107 cm³/mol. The zero-order chi connectivity index (χ0) is 19.7. The Bertz CT molecular complexity index is 757. The largest absolute Gasteiger partial charge is 0.493 e. The van der Waals surface area contributed by atoms with Gasteiger partial charge in [0.25, 0.3) is 5.91 Å². The smallest absolute Gasteiger partial charge is 0.256 e. The van der Waals surface area contributed by atoms with Crippen molar-refractivity contribution in [3.63, 3.8) is 0 Å². The maximum absolute atomic E-state index is 13.2. The summed E-state index contributed by atoms with van der Waals surface area (Å²) in [6.07, 6.45) is 7.74. The molecule has 152 valence electrons. The van der Waals surface area contributed by atoms with Gasteiger partial charge in [0.15, 0.2) is 11.5 Å². The number of likely N-dealkylation sites (tertiary alicyclic amines) is 1. The Labute approximate surface area is 166 Å². The summed E-state index contributed by atoms with van der Waals surface area (Å²) in [4.78, 5) is 28.1. The van der Waals surface area contributed by atoms with Gasteiger partial charge in [-0.3, -0.25) is 9.59 Å². The number of fused-ring (bicyclic) bond motifs is 2. The third kappa shape index (κ3) is 3.56. The molecule has 0 radical (unpaired) electrons. The van der Waals surface area contributed by atoms with E-state index in [4.69, 9.17) is 9.47 Å². The Hall–Kier alpha value is -2.24. The van der Waals surface area contributed by atoms with Crippen LogP contribution in [0.1, 0.15) is 55.3 Å². The first-order valence-corrected chi connectivity index (χ1v) is 10.5. The summed E-state index contributed by atoms with van der Waals surface area (Å²) in [7, 11) is 3.12. The topological polar surface area (TPSA) is 67.9 Å². The highest BCUT2D eigenvalue weighted by atomic mass is 16.5. The minimum absolute atomic E-state index is 0.0344. The molecule has 2 saturated carbocycles. The van der Waals surface area contributed by atoms with Crippen LogP contribution in [0, 0.1) is 17.8 Å². The number of piperidine rings is 1. The van der Waals surface area contributed by atoms with Crippen molar-refractivity contribution in [2.24, 2.45) is 17.8 Å². The molecular formula is C22H30N2O4. The van der Waals surface area contributed by atoms with Gasteiger partial charge in [-0.15, -0.1) is 0 Å². The predicted octanol–water partition coefficient (Wildman–Crippen LogP) is 3.70. The average molecular weight is 386 g/mol. The number of hydrogen-bond donors (Lipinski definition) is 1. The van der Waals surface area contributed by atoms with Gasteiger partial charge in [-0.25, -0.2) is 0 Å². The van der Waals surface area contributed by atoms with Crippen molar-refractivity contribution in [2.75, 3.05) is 32.6 Å². The molecule has 2 bridgehead atoms. The lowest BCUT2D eigenvalue weighted by atomic mass is 9.88. The van der Waals surface area contributed by atoms with Gasteiger partial charge >= 0.3 is 0 Å². The van der Waals surface area contributed by atoms with Crippen LogP contribution in [0.2, 0.25) is 0 Å². The number of nitrogens with zero attached hydrogens (tertiary/aromatic N) is 1. The van der Waals surface area contributed by atoms with E-state index in [1.807, 2.05) is 4.90 Å². The van der Waals surface area contributed by atoms with E-state index in [-0.39, 0.29) is 17.7 Å². The third-order valence-corrected chi connectivity index (χ3v) is 6.73. The summed E-state index contributed by atoms with van der Waals surface area (Å²) < 4.78 is 10.8. The highest BCUT2D eigenvalue weighted by Crippen LogP contribution is 2.48. The normalized spacial score (nSPS) is 26.2. The molecule has 2 amide bonds. The van der Waals surface area contributed by atoms with E-state index < -0.39 is 0 Å². The first-order valence-electron chi connectivity index (χ1n) is 10.5. The Balaban J connectivity index is 1.61. The molecule has 6 nitrogen and oxygen atoms in total. The molecule has 1 heterocycles. The monoisotopic (exact) mass is 386 g/mol. The minimum atomic E-state index is -0.0519. The van der Waals surface area contributed by atoms with Crippen LogP contribution in [0.25, 0.3) is 0 Å². The quantitative estimate of drug-likeness (QED) is 0.838. The molecule has 3 fully saturated rings. The molecule has 3 atom stereocenters. The van der Waals surface area contributed by atoms with E-state index in [1.165, 1.54) is 12.8 Å². The number of anilines is 1. The fraction of sp³-hybridized carbons (Fsp3) is 0.636. The summed E-state index contributed by atoms with van der Waals surface area (Å²) in [5, 5.41) is 3.06. The van der Waals surface area contributed by atoms with Crippen LogP contribution >= 0.6 is 0 Å². The van der Waals surface area contributed by atoms with Crippen LogP contribution in [0.15, 0.2) is 12.1 Å². The molecule has 1 aliphatic heterocycles. The van der Waals surface area contributed by atoms with Crippen LogP contribution in [-0.2, 0) is 4.79 Å². The van der Waals surface area contributed by atoms with Crippen LogP contribution in [0.5, 0.6) is 11.5 Å². The van der Waals surface area contributed by atoms with Crippen molar-refractivity contribution in [1.82, 2.24) is 4.90 Å². The number of carbonyl (C=O) groups excluding carboxylic acids is 2. The van der Waals surface area contributed by atoms with Gasteiger partial charge in [0.1, 0.15) is 0 Å². The van der Waals surface area contributed by atoms with Gasteiger partial charge in [-0.1, -0.05) is 6.42 Å². The number of methoxy groups -OCH3 is 2. The van der Waals surface area contributed by atoms with E-state index >= 15 is 0 Å². The van der Waals surface area contributed by atoms with Crippen LogP contribution < -0.4 is 14.8 Å². The lowest BCUT2D eigenvalue weighted by Gasteiger charge is -2.28. The minimum Gasteiger partial charge on any atom is -0.493 e. The standard InChI is InChI=1S/C22H30N2O4/c1-27-19-12-17(22(26)24-8-4-3-5-9-24)18(13-20(19)28-2)23-21(25)16-11-14-6-7-15(16)10-14/h12-16H,3-11H2,1-2H3,(H,23,25). The van der Waals surface area contributed by atoms with Crippen LogP contribution in [0.4, 0.5) is 5.69 Å². The Morgan fingerprint density at radius 2 is 1.71 bits per heavy atom. The molecule has 6 heteroatoms. The van der Waals surface area contributed by atoms with Crippen molar-refractivity contribution in [3.05, 3.63) is 17.7 Å². The van der Waals surface area contributed by atoms with E-state index in [9.17, 15) is 9.59 Å². The number of amides is 2. The van der Waals surface area contributed by atoms with Crippen LogP contribution in [-0.4, -0.2) is 44.0 Å². The van der Waals surface area contributed by atoms with Gasteiger partial charge < -0.3 is 19.7 Å². The summed E-state index contributed by atoms with van der Waals surface area (Å²) in [5.74, 6) is 2.24. The van der Waals surface area contributed by atoms with Gasteiger partial charge in [-0.05, 0) is 56.4 Å². The summed E-state index contributed by atoms with van der Waals surface area (Å²) in [5.41, 5.74) is 1.01.